The molecular formula is C20H22N4O8. The minimum Gasteiger partial charge on any atom is -0.497 e. The van der Waals surface area contributed by atoms with Gasteiger partial charge >= 0.3 is 17.3 Å². The Morgan fingerprint density at radius 2 is 1.59 bits per heavy atom. The lowest BCUT2D eigenvalue weighted by molar-refractivity contribution is -0.392. The second-order valence-corrected chi connectivity index (χ2v) is 6.72. The Hall–Kier alpha value is -4.22. The van der Waals surface area contributed by atoms with Gasteiger partial charge in [0.25, 0.3) is 5.91 Å². The van der Waals surface area contributed by atoms with Crippen LogP contribution in [0.1, 0.15) is 36.0 Å². The van der Waals surface area contributed by atoms with Gasteiger partial charge in [-0.1, -0.05) is 6.42 Å². The Bertz CT molecular complexity index is 972. The summed E-state index contributed by atoms with van der Waals surface area (Å²) in [5.41, 5.74) is -1.47. The van der Waals surface area contributed by atoms with E-state index in [1.807, 2.05) is 0 Å². The molecule has 12 nitrogen and oxygen atoms in total. The van der Waals surface area contributed by atoms with Crippen LogP contribution >= 0.6 is 0 Å². The van der Waals surface area contributed by atoms with Gasteiger partial charge in [-0.2, -0.15) is 0 Å². The highest BCUT2D eigenvalue weighted by Gasteiger charge is 2.28. The van der Waals surface area contributed by atoms with E-state index in [4.69, 9.17) is 9.84 Å². The molecule has 0 aliphatic rings. The number of hydrogen-bond donors (Lipinski definition) is 3. The van der Waals surface area contributed by atoms with Gasteiger partial charge in [-0.25, -0.2) is 0 Å². The summed E-state index contributed by atoms with van der Waals surface area (Å²) in [6.45, 7) is 0.200. The fourth-order valence-corrected chi connectivity index (χ4v) is 2.86. The number of hydrogen-bond acceptors (Lipinski definition) is 8. The number of nitro groups is 2. The number of nitrogens with one attached hydrogen (secondary N) is 2. The molecular weight excluding hydrogens is 424 g/mol. The highest BCUT2D eigenvalue weighted by molar-refractivity contribution is 5.98. The smallest absolute Gasteiger partial charge is 0.303 e. The number of nitrogens with zero attached hydrogens (tertiary/aromatic N) is 2. The first-order valence-electron chi connectivity index (χ1n) is 9.60. The van der Waals surface area contributed by atoms with E-state index in [1.54, 1.807) is 12.1 Å². The number of amides is 1. The minimum absolute atomic E-state index is 0.0228. The number of unbranched alkanes of at least 4 members (excludes halogenated alkanes) is 2. The van der Waals surface area contributed by atoms with Gasteiger partial charge in [0.15, 0.2) is 5.69 Å². The van der Waals surface area contributed by atoms with Crippen molar-refractivity contribution >= 4 is 34.6 Å². The summed E-state index contributed by atoms with van der Waals surface area (Å²) < 4.78 is 5.03. The maximum Gasteiger partial charge on any atom is 0.303 e. The molecule has 12 heteroatoms. The van der Waals surface area contributed by atoms with E-state index in [-0.39, 0.29) is 24.2 Å². The molecule has 0 unspecified atom stereocenters. The molecule has 170 valence electrons. The van der Waals surface area contributed by atoms with Gasteiger partial charge < -0.3 is 20.5 Å². The number of aliphatic carboxylic acids is 1. The van der Waals surface area contributed by atoms with E-state index in [2.05, 4.69) is 10.6 Å². The van der Waals surface area contributed by atoms with Crippen LogP contribution in [0.15, 0.2) is 36.4 Å². The number of nitro benzene ring substituents is 2. The van der Waals surface area contributed by atoms with Crippen LogP contribution in [0.3, 0.4) is 0 Å². The number of rotatable bonds is 12. The lowest BCUT2D eigenvalue weighted by Gasteiger charge is -2.11. The van der Waals surface area contributed by atoms with Crippen LogP contribution in [-0.2, 0) is 4.79 Å². The number of benzene rings is 2. The Morgan fingerprint density at radius 3 is 2.09 bits per heavy atom. The standard InChI is InChI=1S/C20H22N4O8/c1-32-15-8-6-14(7-9-15)22-19-16(23(28)29)11-13(12-17(19)24(30)31)20(27)21-10-4-2-3-5-18(25)26/h6-9,11-12,22H,2-5,10H2,1H3,(H,21,27)(H,25,26). The van der Waals surface area contributed by atoms with E-state index in [0.717, 1.165) is 12.1 Å². The molecule has 0 aliphatic carbocycles. The lowest BCUT2D eigenvalue weighted by atomic mass is 10.1. The first kappa shape index (κ1) is 24.1. The first-order chi connectivity index (χ1) is 15.2. The van der Waals surface area contributed by atoms with Gasteiger partial charge in [-0.3, -0.25) is 29.8 Å². The number of carbonyl (C=O) groups excluding carboxylic acids is 1. The highest BCUT2D eigenvalue weighted by atomic mass is 16.6. The van der Waals surface area contributed by atoms with Crippen LogP contribution in [0.4, 0.5) is 22.7 Å². The van der Waals surface area contributed by atoms with Crippen LogP contribution in [0.2, 0.25) is 0 Å². The third-order valence-corrected chi connectivity index (χ3v) is 4.46. The van der Waals surface area contributed by atoms with E-state index in [9.17, 15) is 29.8 Å². The molecule has 3 N–H and O–H groups in total. The van der Waals surface area contributed by atoms with Crippen LogP contribution < -0.4 is 15.4 Å². The topological polar surface area (TPSA) is 174 Å². The second kappa shape index (κ2) is 11.2. The molecule has 0 radical (unpaired) electrons. The first-order valence-corrected chi connectivity index (χ1v) is 9.60. The van der Waals surface area contributed by atoms with Crippen molar-refractivity contribution in [3.63, 3.8) is 0 Å². The number of carbonyl (C=O) groups is 2. The maximum atomic E-state index is 12.4. The molecule has 0 aliphatic heterocycles. The van der Waals surface area contributed by atoms with E-state index >= 15 is 0 Å². The monoisotopic (exact) mass is 446 g/mol. The summed E-state index contributed by atoms with van der Waals surface area (Å²) in [6, 6.07) is 8.18. The average Bonchev–Trinajstić information content (AvgIpc) is 2.75. The van der Waals surface area contributed by atoms with Crippen molar-refractivity contribution in [1.82, 2.24) is 5.32 Å². The summed E-state index contributed by atoms with van der Waals surface area (Å²) in [5.74, 6) is -1.07. The van der Waals surface area contributed by atoms with Crippen LogP contribution in [0, 0.1) is 20.2 Å². The van der Waals surface area contributed by atoms with Gasteiger partial charge in [-0.05, 0) is 37.1 Å². The molecule has 1 amide bonds. The summed E-state index contributed by atoms with van der Waals surface area (Å²) in [5, 5.41) is 37.0. The van der Waals surface area contributed by atoms with Gasteiger partial charge in [0, 0.05) is 30.8 Å². The normalized spacial score (nSPS) is 10.3. The van der Waals surface area contributed by atoms with Crippen molar-refractivity contribution in [3.05, 3.63) is 62.2 Å². The zero-order chi connectivity index (χ0) is 23.7. The minimum atomic E-state index is -0.906. The number of carboxylic acids is 1. The highest BCUT2D eigenvalue weighted by Crippen LogP contribution is 2.38. The average molecular weight is 446 g/mol. The Labute approximate surface area is 182 Å². The molecule has 0 saturated heterocycles. The van der Waals surface area contributed by atoms with Crippen LogP contribution in [0.5, 0.6) is 5.75 Å². The SMILES string of the molecule is COc1ccc(Nc2c([N+](=O)[O-])cc(C(=O)NCCCCCC(=O)O)cc2[N+](=O)[O-])cc1. The molecule has 0 atom stereocenters. The van der Waals surface area contributed by atoms with Crippen molar-refractivity contribution in [1.29, 1.82) is 0 Å². The third-order valence-electron chi connectivity index (χ3n) is 4.46. The van der Waals surface area contributed by atoms with Crippen molar-refractivity contribution in [2.45, 2.75) is 25.7 Å². The molecule has 2 aromatic carbocycles. The number of carboxylic acid groups (broad SMARTS) is 1. The zero-order valence-electron chi connectivity index (χ0n) is 17.2. The molecule has 0 saturated carbocycles. The predicted octanol–water partition coefficient (Wildman–Crippen LogP) is 3.63. The Morgan fingerprint density at radius 1 is 1.00 bits per heavy atom. The molecule has 2 aromatic rings. The van der Waals surface area contributed by atoms with Crippen molar-refractivity contribution in [2.24, 2.45) is 0 Å². The van der Waals surface area contributed by atoms with Crippen LogP contribution in [0.25, 0.3) is 0 Å². The molecule has 0 spiro atoms. The molecule has 0 aromatic heterocycles. The fraction of sp³-hybridized carbons (Fsp3) is 0.300. The van der Waals surface area contributed by atoms with Crippen LogP contribution in [-0.4, -0.2) is 40.5 Å². The van der Waals surface area contributed by atoms with Gasteiger partial charge in [0.2, 0.25) is 0 Å². The van der Waals surface area contributed by atoms with Crippen molar-refractivity contribution in [2.75, 3.05) is 19.0 Å². The Kier molecular flexibility index (Phi) is 8.45. The number of anilines is 2. The largest absolute Gasteiger partial charge is 0.497 e. The van der Waals surface area contributed by atoms with Crippen molar-refractivity contribution < 1.29 is 29.3 Å². The molecule has 0 fully saturated rings. The summed E-state index contributed by atoms with van der Waals surface area (Å²) in [7, 11) is 1.47. The van der Waals surface area contributed by atoms with E-state index in [0.29, 0.717) is 30.7 Å². The summed E-state index contributed by atoms with van der Waals surface area (Å²) in [4.78, 5) is 44.4. The third kappa shape index (κ3) is 6.65. The summed E-state index contributed by atoms with van der Waals surface area (Å²) in [6.07, 6.45) is 1.54. The number of methoxy groups -OCH3 is 1. The zero-order valence-corrected chi connectivity index (χ0v) is 17.2. The quantitative estimate of drug-likeness (QED) is 0.250. The van der Waals surface area contributed by atoms with Crippen molar-refractivity contribution in [3.8, 4) is 5.75 Å². The fourth-order valence-electron chi connectivity index (χ4n) is 2.86. The lowest BCUT2D eigenvalue weighted by Crippen LogP contribution is -2.24. The molecule has 32 heavy (non-hydrogen) atoms. The number of ether oxygens (including phenoxy) is 1. The Balaban J connectivity index is 2.23. The van der Waals surface area contributed by atoms with Gasteiger partial charge in [0.1, 0.15) is 5.75 Å². The van der Waals surface area contributed by atoms with Gasteiger partial charge in [0.05, 0.1) is 22.5 Å². The molecule has 2 rings (SSSR count). The molecule has 0 heterocycles. The molecule has 0 bridgehead atoms. The van der Waals surface area contributed by atoms with Gasteiger partial charge in [-0.15, -0.1) is 0 Å². The maximum absolute atomic E-state index is 12.4. The predicted molar refractivity (Wildman–Crippen MR) is 114 cm³/mol. The second-order valence-electron chi connectivity index (χ2n) is 6.72. The van der Waals surface area contributed by atoms with E-state index in [1.165, 1.54) is 19.2 Å². The van der Waals surface area contributed by atoms with E-state index < -0.39 is 33.1 Å². The summed E-state index contributed by atoms with van der Waals surface area (Å²) >= 11 is 0.